The van der Waals surface area contributed by atoms with Gasteiger partial charge >= 0.3 is 0 Å². The van der Waals surface area contributed by atoms with Crippen molar-refractivity contribution in [2.75, 3.05) is 0 Å². The minimum absolute atomic E-state index is 0.297. The zero-order valence-electron chi connectivity index (χ0n) is 10.9. The Kier molecular flexibility index (Phi) is 2.89. The molecule has 0 saturated heterocycles. The number of halogens is 1. The molecule has 1 heterocycles. The second kappa shape index (κ2) is 4.30. The van der Waals surface area contributed by atoms with E-state index in [9.17, 15) is 4.39 Å². The molecule has 0 amide bonds. The Morgan fingerprint density at radius 1 is 1.39 bits per heavy atom. The molecule has 1 aromatic rings. The van der Waals surface area contributed by atoms with Gasteiger partial charge < -0.3 is 5.73 Å². The first kappa shape index (κ1) is 12.1. The van der Waals surface area contributed by atoms with Crippen LogP contribution >= 0.6 is 0 Å². The number of nitrogens with zero attached hydrogens (tertiary/aromatic N) is 1. The van der Waals surface area contributed by atoms with E-state index in [-0.39, 0.29) is 5.82 Å². The van der Waals surface area contributed by atoms with Crippen LogP contribution in [-0.4, -0.2) is 4.98 Å². The maximum absolute atomic E-state index is 12.9. The highest BCUT2D eigenvalue weighted by atomic mass is 19.1. The molecule has 0 aliphatic heterocycles. The van der Waals surface area contributed by atoms with Crippen LogP contribution in [0.15, 0.2) is 18.3 Å². The molecule has 1 aromatic heterocycles. The van der Waals surface area contributed by atoms with Crippen LogP contribution in [0.25, 0.3) is 0 Å². The van der Waals surface area contributed by atoms with E-state index in [1.165, 1.54) is 37.9 Å². The summed E-state index contributed by atoms with van der Waals surface area (Å²) in [6.45, 7) is 2.03. The van der Waals surface area contributed by atoms with Crippen molar-refractivity contribution in [3.05, 3.63) is 29.8 Å². The molecular weight excluding hydrogens is 227 g/mol. The molecule has 4 atom stereocenters. The average Bonchev–Trinajstić information content (AvgIpc) is 2.91. The predicted molar refractivity (Wildman–Crippen MR) is 69.3 cm³/mol. The fraction of sp³-hybridized carbons (Fsp3) is 0.667. The summed E-state index contributed by atoms with van der Waals surface area (Å²) >= 11 is 0. The maximum Gasteiger partial charge on any atom is 0.141 e. The Balaban J connectivity index is 1.72. The van der Waals surface area contributed by atoms with E-state index in [4.69, 9.17) is 5.73 Å². The smallest absolute Gasteiger partial charge is 0.141 e. The van der Waals surface area contributed by atoms with Gasteiger partial charge in [-0.1, -0.05) is 6.42 Å². The van der Waals surface area contributed by atoms with Crippen LogP contribution in [0.1, 0.15) is 44.7 Å². The number of hydrogen-bond donors (Lipinski definition) is 1. The monoisotopic (exact) mass is 248 g/mol. The second-order valence-corrected chi connectivity index (χ2v) is 6.42. The Morgan fingerprint density at radius 2 is 2.22 bits per heavy atom. The molecule has 2 fully saturated rings. The molecule has 2 aliphatic carbocycles. The lowest BCUT2D eigenvalue weighted by molar-refractivity contribution is 0.250. The molecule has 2 nitrogen and oxygen atoms in total. The summed E-state index contributed by atoms with van der Waals surface area (Å²) in [6, 6.07) is 3.18. The van der Waals surface area contributed by atoms with Gasteiger partial charge in [-0.2, -0.15) is 0 Å². The molecule has 0 spiro atoms. The van der Waals surface area contributed by atoms with Crippen molar-refractivity contribution in [3.8, 4) is 0 Å². The van der Waals surface area contributed by atoms with Gasteiger partial charge in [0.05, 0.1) is 17.4 Å². The Labute approximate surface area is 108 Å². The van der Waals surface area contributed by atoms with Crippen LogP contribution in [0.2, 0.25) is 0 Å². The molecule has 2 bridgehead atoms. The summed E-state index contributed by atoms with van der Waals surface area (Å²) in [6.07, 6.45) is 7.77. The first-order chi connectivity index (χ1) is 8.54. The van der Waals surface area contributed by atoms with E-state index in [0.29, 0.717) is 0 Å². The van der Waals surface area contributed by atoms with Crippen molar-refractivity contribution >= 4 is 0 Å². The standard InChI is InChI=1S/C15H21FN2/c1-15(17,14-5-4-13(16)9-18-14)8-12-7-10-2-3-11(12)6-10/h4-5,9-12H,2-3,6-8,17H2,1H3. The molecule has 3 heteroatoms. The molecule has 2 saturated carbocycles. The van der Waals surface area contributed by atoms with Crippen molar-refractivity contribution in [3.63, 3.8) is 0 Å². The van der Waals surface area contributed by atoms with Crippen LogP contribution in [0.4, 0.5) is 4.39 Å². The molecular formula is C15H21FN2. The minimum atomic E-state index is -0.428. The SMILES string of the molecule is CC(N)(CC1CC2CCC1C2)c1ccc(F)cn1. The van der Waals surface area contributed by atoms with Gasteiger partial charge in [-0.15, -0.1) is 0 Å². The van der Waals surface area contributed by atoms with Crippen LogP contribution < -0.4 is 5.73 Å². The largest absolute Gasteiger partial charge is 0.320 e. The Bertz CT molecular complexity index is 427. The Morgan fingerprint density at radius 3 is 2.78 bits per heavy atom. The number of rotatable bonds is 3. The number of fused-ring (bicyclic) bond motifs is 2. The number of hydrogen-bond acceptors (Lipinski definition) is 2. The summed E-state index contributed by atoms with van der Waals surface area (Å²) in [7, 11) is 0. The van der Waals surface area contributed by atoms with Gasteiger partial charge in [0.15, 0.2) is 0 Å². The fourth-order valence-electron chi connectivity index (χ4n) is 3.99. The van der Waals surface area contributed by atoms with E-state index < -0.39 is 5.54 Å². The van der Waals surface area contributed by atoms with Gasteiger partial charge in [0, 0.05) is 0 Å². The zero-order chi connectivity index (χ0) is 12.8. The normalized spacial score (nSPS) is 33.6. The maximum atomic E-state index is 12.9. The Hall–Kier alpha value is -0.960. The summed E-state index contributed by atoms with van der Waals surface area (Å²) in [5.41, 5.74) is 6.80. The molecule has 2 N–H and O–H groups in total. The third kappa shape index (κ3) is 2.16. The minimum Gasteiger partial charge on any atom is -0.320 e. The highest BCUT2D eigenvalue weighted by Gasteiger charge is 2.42. The number of pyridine rings is 1. The van der Waals surface area contributed by atoms with Gasteiger partial charge in [-0.05, 0) is 62.5 Å². The zero-order valence-corrected chi connectivity index (χ0v) is 10.9. The molecule has 4 unspecified atom stereocenters. The van der Waals surface area contributed by atoms with Crippen molar-refractivity contribution < 1.29 is 4.39 Å². The molecule has 0 radical (unpaired) electrons. The van der Waals surface area contributed by atoms with Crippen molar-refractivity contribution in [2.45, 2.75) is 44.6 Å². The van der Waals surface area contributed by atoms with Crippen molar-refractivity contribution in [1.29, 1.82) is 0 Å². The molecule has 18 heavy (non-hydrogen) atoms. The average molecular weight is 248 g/mol. The van der Waals surface area contributed by atoms with Gasteiger partial charge in [0.25, 0.3) is 0 Å². The quantitative estimate of drug-likeness (QED) is 0.892. The summed E-state index contributed by atoms with van der Waals surface area (Å²) in [4.78, 5) is 4.15. The van der Waals surface area contributed by atoms with Gasteiger partial charge in [0.1, 0.15) is 5.82 Å². The lowest BCUT2D eigenvalue weighted by Crippen LogP contribution is -2.37. The summed E-state index contributed by atoms with van der Waals surface area (Å²) < 4.78 is 12.9. The van der Waals surface area contributed by atoms with Gasteiger partial charge in [-0.3, -0.25) is 4.98 Å². The second-order valence-electron chi connectivity index (χ2n) is 6.42. The van der Waals surface area contributed by atoms with E-state index in [1.54, 1.807) is 6.07 Å². The lowest BCUT2D eigenvalue weighted by Gasteiger charge is -2.31. The predicted octanol–water partition coefficient (Wildman–Crippen LogP) is 3.22. The highest BCUT2D eigenvalue weighted by Crippen LogP contribution is 2.51. The van der Waals surface area contributed by atoms with Crippen LogP contribution in [-0.2, 0) is 5.54 Å². The molecule has 98 valence electrons. The third-order valence-corrected chi connectivity index (χ3v) is 4.88. The first-order valence-electron chi connectivity index (χ1n) is 6.95. The lowest BCUT2D eigenvalue weighted by atomic mass is 9.78. The van der Waals surface area contributed by atoms with Crippen molar-refractivity contribution in [1.82, 2.24) is 4.98 Å². The first-order valence-corrected chi connectivity index (χ1v) is 6.95. The fourth-order valence-corrected chi connectivity index (χ4v) is 3.99. The molecule has 3 rings (SSSR count). The summed E-state index contributed by atoms with van der Waals surface area (Å²) in [5.74, 6) is 2.26. The van der Waals surface area contributed by atoms with E-state index >= 15 is 0 Å². The number of nitrogens with two attached hydrogens (primary N) is 1. The van der Waals surface area contributed by atoms with Crippen molar-refractivity contribution in [2.24, 2.45) is 23.5 Å². The molecule has 2 aliphatic rings. The van der Waals surface area contributed by atoms with E-state index in [2.05, 4.69) is 4.98 Å². The van der Waals surface area contributed by atoms with Crippen LogP contribution in [0, 0.1) is 23.6 Å². The topological polar surface area (TPSA) is 38.9 Å². The van der Waals surface area contributed by atoms with Crippen LogP contribution in [0.3, 0.4) is 0 Å². The highest BCUT2D eigenvalue weighted by molar-refractivity contribution is 5.15. The molecule has 0 aromatic carbocycles. The number of aromatic nitrogens is 1. The van der Waals surface area contributed by atoms with Gasteiger partial charge in [-0.25, -0.2) is 4.39 Å². The summed E-state index contributed by atoms with van der Waals surface area (Å²) in [5, 5.41) is 0. The van der Waals surface area contributed by atoms with Gasteiger partial charge in [0.2, 0.25) is 0 Å². The third-order valence-electron chi connectivity index (χ3n) is 4.88. The van der Waals surface area contributed by atoms with E-state index in [1.807, 2.05) is 6.92 Å². The van der Waals surface area contributed by atoms with E-state index in [0.717, 1.165) is 29.9 Å². The van der Waals surface area contributed by atoms with Crippen LogP contribution in [0.5, 0.6) is 0 Å².